The molecule has 6 aromatic carbocycles. The fourth-order valence-electron chi connectivity index (χ4n) is 11.0. The van der Waals surface area contributed by atoms with E-state index in [2.05, 4.69) is 219 Å². The second-order valence-corrected chi connectivity index (χ2v) is 19.8. The minimum Gasteiger partial charge on any atom is -0.458 e. The molecule has 0 aromatic heterocycles. The third kappa shape index (κ3) is 6.68. The van der Waals surface area contributed by atoms with Gasteiger partial charge in [-0.25, -0.2) is 0 Å². The van der Waals surface area contributed by atoms with Crippen LogP contribution < -0.4 is 35.1 Å². The predicted octanol–water partition coefficient (Wildman–Crippen LogP) is 14.5. The Morgan fingerprint density at radius 3 is 2.14 bits per heavy atom. The number of allylic oxidation sites excluding steroid dienone is 9. The fraction of sp³-hybridized carbons (Fsp3) is 0.200. The van der Waals surface area contributed by atoms with Crippen LogP contribution in [-0.2, 0) is 5.41 Å². The van der Waals surface area contributed by atoms with E-state index in [1.807, 2.05) is 6.07 Å². The second-order valence-electron chi connectivity index (χ2n) is 19.8. The van der Waals surface area contributed by atoms with Crippen LogP contribution in [0.4, 0.5) is 28.4 Å². The SMILES string of the molecule is Cc1ccc(N(c2ccc3c(c2)Oc2cccc4c2B3C2=C(C=C(N(C3=CCCC=C3)c3ccccc3)CC2)N4C2=CCC(C)(C)C=C2)c2ccc3c(c2)C(C)(C)c2ccccc2O3)cc1. The average molecular weight is 860 g/mol. The van der Waals surface area contributed by atoms with Crippen LogP contribution in [0.3, 0.4) is 0 Å². The average Bonchev–Trinajstić information content (AvgIpc) is 3.33. The van der Waals surface area contributed by atoms with Gasteiger partial charge in [0.2, 0.25) is 0 Å². The minimum absolute atomic E-state index is 0.0382. The number of aryl methyl sites for hydroxylation is 1. The molecule has 6 aromatic rings. The molecule has 0 spiro atoms. The Hall–Kier alpha value is -7.18. The highest BCUT2D eigenvalue weighted by Crippen LogP contribution is 2.51. The third-order valence-corrected chi connectivity index (χ3v) is 14.5. The zero-order valence-electron chi connectivity index (χ0n) is 38.5. The van der Waals surface area contributed by atoms with Gasteiger partial charge in [0.15, 0.2) is 0 Å². The summed E-state index contributed by atoms with van der Waals surface area (Å²) in [5, 5.41) is 0. The Morgan fingerprint density at radius 2 is 1.33 bits per heavy atom. The first-order chi connectivity index (χ1) is 32.1. The van der Waals surface area contributed by atoms with Crippen molar-refractivity contribution in [1.82, 2.24) is 0 Å². The topological polar surface area (TPSA) is 28.2 Å². The number of hydrogen-bond donors (Lipinski definition) is 0. The molecule has 3 aliphatic carbocycles. The Labute approximate surface area is 390 Å². The zero-order chi connectivity index (χ0) is 44.7. The van der Waals surface area contributed by atoms with Gasteiger partial charge in [-0.3, -0.25) is 0 Å². The van der Waals surface area contributed by atoms with Crippen molar-refractivity contribution in [2.45, 2.75) is 72.1 Å². The van der Waals surface area contributed by atoms with Gasteiger partial charge in [-0.1, -0.05) is 124 Å². The molecule has 3 aliphatic heterocycles. The molecule has 0 saturated heterocycles. The van der Waals surface area contributed by atoms with E-state index in [0.29, 0.717) is 0 Å². The van der Waals surface area contributed by atoms with Gasteiger partial charge in [0.1, 0.15) is 23.0 Å². The van der Waals surface area contributed by atoms with E-state index in [1.54, 1.807) is 0 Å². The van der Waals surface area contributed by atoms with E-state index < -0.39 is 0 Å². The van der Waals surface area contributed by atoms with Crippen LogP contribution in [0.25, 0.3) is 0 Å². The number of para-hydroxylation sites is 2. The molecule has 0 radical (unpaired) electrons. The third-order valence-electron chi connectivity index (χ3n) is 14.5. The maximum Gasteiger partial charge on any atom is 0.251 e. The number of hydrogen-bond acceptors (Lipinski definition) is 5. The molecule has 0 fully saturated rings. The van der Waals surface area contributed by atoms with Crippen LogP contribution in [0, 0.1) is 12.3 Å². The number of anilines is 5. The normalized spacial score (nSPS) is 18.0. The van der Waals surface area contributed by atoms with E-state index in [1.165, 1.54) is 61.7 Å². The van der Waals surface area contributed by atoms with Gasteiger partial charge >= 0.3 is 0 Å². The Balaban J connectivity index is 1.01. The van der Waals surface area contributed by atoms with Crippen LogP contribution in [-0.4, -0.2) is 6.71 Å². The summed E-state index contributed by atoms with van der Waals surface area (Å²) in [6.45, 7) is 11.4. The van der Waals surface area contributed by atoms with Gasteiger partial charge in [-0.15, -0.1) is 0 Å². The summed E-state index contributed by atoms with van der Waals surface area (Å²) in [7, 11) is 0. The molecule has 66 heavy (non-hydrogen) atoms. The largest absolute Gasteiger partial charge is 0.458 e. The Kier molecular flexibility index (Phi) is 9.46. The molecular weight excluding hydrogens is 805 g/mol. The number of ether oxygens (including phenoxy) is 2. The molecule has 6 aliphatic rings. The van der Waals surface area contributed by atoms with Crippen molar-refractivity contribution >= 4 is 46.1 Å². The summed E-state index contributed by atoms with van der Waals surface area (Å²) < 4.78 is 13.7. The van der Waals surface area contributed by atoms with E-state index >= 15 is 0 Å². The number of fused-ring (bicyclic) bond motifs is 5. The van der Waals surface area contributed by atoms with Crippen LogP contribution >= 0.6 is 0 Å². The van der Waals surface area contributed by atoms with E-state index in [9.17, 15) is 0 Å². The Morgan fingerprint density at radius 1 is 0.606 bits per heavy atom. The van der Waals surface area contributed by atoms with Crippen molar-refractivity contribution in [3.63, 3.8) is 0 Å². The lowest BCUT2D eigenvalue weighted by molar-refractivity contribution is 0.418. The lowest BCUT2D eigenvalue weighted by atomic mass is 9.32. The van der Waals surface area contributed by atoms with Crippen LogP contribution in [0.2, 0.25) is 0 Å². The molecule has 0 amide bonds. The van der Waals surface area contributed by atoms with E-state index in [0.717, 1.165) is 77.7 Å². The van der Waals surface area contributed by atoms with Gasteiger partial charge in [-0.2, -0.15) is 0 Å². The summed E-state index contributed by atoms with van der Waals surface area (Å²) in [6, 6.07) is 48.4. The standard InChI is InChI=1S/C60H54BN3O2/c1-40-23-25-43(26-24-40)63(45-29-32-55-49(37-45)60(4,5)48-19-12-13-21-54(48)65-55)47-28-31-51-57(39-47)66-56-22-14-20-52-58(56)61(51)50-30-27-46(38-53(50)64(52)44-33-35-59(2,3)36-34-44)62(41-15-8-6-9-16-41)42-17-10-7-11-18-42/h6,8-10,12-26,28-29,31-35,37-39H,7,11,27,30,36H2,1-5H3. The molecule has 12 rings (SSSR count). The summed E-state index contributed by atoms with van der Waals surface area (Å²) in [4.78, 5) is 7.39. The molecule has 0 N–H and O–H groups in total. The number of benzene rings is 6. The van der Waals surface area contributed by atoms with Gasteiger partial charge in [-0.05, 0) is 140 Å². The van der Waals surface area contributed by atoms with Crippen molar-refractivity contribution in [2.75, 3.05) is 14.7 Å². The smallest absolute Gasteiger partial charge is 0.251 e. The second kappa shape index (κ2) is 15.5. The first kappa shape index (κ1) is 40.3. The maximum absolute atomic E-state index is 7.14. The highest BCUT2D eigenvalue weighted by Gasteiger charge is 2.45. The van der Waals surface area contributed by atoms with Crippen LogP contribution in [0.5, 0.6) is 23.0 Å². The van der Waals surface area contributed by atoms with Crippen molar-refractivity contribution in [1.29, 1.82) is 0 Å². The monoisotopic (exact) mass is 859 g/mol. The van der Waals surface area contributed by atoms with E-state index in [-0.39, 0.29) is 17.5 Å². The van der Waals surface area contributed by atoms with Crippen LogP contribution in [0.15, 0.2) is 204 Å². The highest BCUT2D eigenvalue weighted by molar-refractivity contribution is 6.94. The maximum atomic E-state index is 7.14. The van der Waals surface area contributed by atoms with Crippen molar-refractivity contribution < 1.29 is 9.47 Å². The van der Waals surface area contributed by atoms with Crippen molar-refractivity contribution in [2.24, 2.45) is 5.41 Å². The molecule has 3 heterocycles. The van der Waals surface area contributed by atoms with E-state index in [4.69, 9.17) is 9.47 Å². The van der Waals surface area contributed by atoms with Gasteiger partial charge in [0.25, 0.3) is 6.71 Å². The van der Waals surface area contributed by atoms with Gasteiger partial charge < -0.3 is 24.2 Å². The summed E-state index contributed by atoms with van der Waals surface area (Å²) >= 11 is 0. The fourth-order valence-corrected chi connectivity index (χ4v) is 11.0. The number of rotatable bonds is 7. The van der Waals surface area contributed by atoms with Crippen molar-refractivity contribution in [3.05, 3.63) is 221 Å². The highest BCUT2D eigenvalue weighted by atomic mass is 16.5. The Bertz CT molecular complexity index is 3150. The zero-order valence-corrected chi connectivity index (χ0v) is 38.5. The number of nitrogens with zero attached hydrogens (tertiary/aromatic N) is 3. The molecule has 6 heteroatoms. The molecule has 5 nitrogen and oxygen atoms in total. The molecule has 324 valence electrons. The summed E-state index contributed by atoms with van der Waals surface area (Å²) in [5.74, 6) is 3.64. The van der Waals surface area contributed by atoms with Crippen molar-refractivity contribution in [3.8, 4) is 23.0 Å². The minimum atomic E-state index is -0.254. The predicted molar refractivity (Wildman–Crippen MR) is 274 cm³/mol. The molecular formula is C60H54BN3O2. The van der Waals surface area contributed by atoms with Crippen LogP contribution in [0.1, 0.15) is 76.5 Å². The summed E-state index contributed by atoms with van der Waals surface area (Å²) in [6.07, 6.45) is 21.6. The summed E-state index contributed by atoms with van der Waals surface area (Å²) in [5.41, 5.74) is 17.9. The van der Waals surface area contributed by atoms with Gasteiger partial charge in [0.05, 0.1) is 0 Å². The first-order valence-electron chi connectivity index (χ1n) is 23.7. The molecule has 0 unspecified atom stereocenters. The molecule has 0 atom stereocenters. The lowest BCUT2D eigenvalue weighted by Crippen LogP contribution is -2.54. The lowest BCUT2D eigenvalue weighted by Gasteiger charge is -2.44. The van der Waals surface area contributed by atoms with Gasteiger partial charge in [0, 0.05) is 73.8 Å². The first-order valence-corrected chi connectivity index (χ1v) is 23.7. The quantitative estimate of drug-likeness (QED) is 0.149. The molecule has 0 saturated carbocycles. The molecule has 0 bridgehead atoms.